The summed E-state index contributed by atoms with van der Waals surface area (Å²) in [7, 11) is 0. The topological polar surface area (TPSA) is 49.9 Å². The molecule has 2 rings (SSSR count). The summed E-state index contributed by atoms with van der Waals surface area (Å²) >= 11 is 3.28. The Hall–Kier alpha value is -1.39. The van der Waals surface area contributed by atoms with E-state index in [1.54, 1.807) is 23.5 Å². The minimum Gasteiger partial charge on any atom is -0.384 e. The number of thioether (sulfide) groups is 1. The third-order valence-corrected chi connectivity index (χ3v) is 5.10. The summed E-state index contributed by atoms with van der Waals surface area (Å²) in [5, 5.41) is 7.83. The molecule has 110 valence electrons. The molecule has 0 heterocycles. The van der Waals surface area contributed by atoms with E-state index in [0.29, 0.717) is 5.92 Å². The highest BCUT2D eigenvalue weighted by Crippen LogP contribution is 2.35. The molecule has 0 atom stereocenters. The number of nitrogens with two attached hydrogens (primary N) is 1. The van der Waals surface area contributed by atoms with Gasteiger partial charge in [-0.2, -0.15) is 0 Å². The summed E-state index contributed by atoms with van der Waals surface area (Å²) < 4.78 is 0. The Morgan fingerprint density at radius 2 is 1.67 bits per heavy atom. The molecule has 0 bridgehead atoms. The third kappa shape index (κ3) is 3.83. The normalized spacial score (nSPS) is 10.9. The van der Waals surface area contributed by atoms with Crippen LogP contribution in [-0.4, -0.2) is 12.1 Å². The molecule has 2 nitrogen and oxygen atoms in total. The number of nitrogen functional groups attached to an aromatic ring is 1. The first-order valence-corrected chi connectivity index (χ1v) is 8.86. The zero-order valence-electron chi connectivity index (χ0n) is 12.5. The standard InChI is InChI=1S/C17H20N2S2/c1-11(2)12-7-9-13(10-8-12)21-15-6-4-5-14(20-3)16(15)17(18)19/h4-11H,1-3H3,(H3,18,19). The Labute approximate surface area is 135 Å². The Kier molecular flexibility index (Phi) is 5.37. The van der Waals surface area contributed by atoms with Gasteiger partial charge in [0.2, 0.25) is 0 Å². The lowest BCUT2D eigenvalue weighted by atomic mass is 10.0. The van der Waals surface area contributed by atoms with E-state index in [1.807, 2.05) is 24.5 Å². The van der Waals surface area contributed by atoms with Gasteiger partial charge in [0.05, 0.1) is 0 Å². The number of hydrogen-bond acceptors (Lipinski definition) is 3. The quantitative estimate of drug-likeness (QED) is 0.465. The minimum atomic E-state index is 0.126. The molecule has 0 spiro atoms. The van der Waals surface area contributed by atoms with E-state index >= 15 is 0 Å². The molecule has 0 aromatic heterocycles. The molecular weight excluding hydrogens is 296 g/mol. The lowest BCUT2D eigenvalue weighted by molar-refractivity contribution is 0.865. The van der Waals surface area contributed by atoms with E-state index in [1.165, 1.54) is 10.5 Å². The van der Waals surface area contributed by atoms with Crippen molar-refractivity contribution in [1.82, 2.24) is 0 Å². The van der Waals surface area contributed by atoms with Crippen molar-refractivity contribution in [2.24, 2.45) is 5.73 Å². The van der Waals surface area contributed by atoms with Crippen LogP contribution in [0.2, 0.25) is 0 Å². The first-order chi connectivity index (χ1) is 10.0. The maximum absolute atomic E-state index is 7.83. The van der Waals surface area contributed by atoms with Crippen molar-refractivity contribution in [3.05, 3.63) is 53.6 Å². The molecule has 0 saturated carbocycles. The smallest absolute Gasteiger partial charge is 0.125 e. The largest absolute Gasteiger partial charge is 0.384 e. The lowest BCUT2D eigenvalue weighted by Crippen LogP contribution is -2.13. The van der Waals surface area contributed by atoms with Gasteiger partial charge in [0.1, 0.15) is 5.84 Å². The van der Waals surface area contributed by atoms with Crippen LogP contribution in [0.3, 0.4) is 0 Å². The fraction of sp³-hybridized carbons (Fsp3) is 0.235. The van der Waals surface area contributed by atoms with Crippen molar-refractivity contribution in [1.29, 1.82) is 5.41 Å². The van der Waals surface area contributed by atoms with Gasteiger partial charge in [0, 0.05) is 20.2 Å². The summed E-state index contributed by atoms with van der Waals surface area (Å²) in [4.78, 5) is 3.25. The van der Waals surface area contributed by atoms with E-state index < -0.39 is 0 Å². The number of hydrogen-bond donors (Lipinski definition) is 2. The molecule has 0 fully saturated rings. The van der Waals surface area contributed by atoms with Crippen LogP contribution < -0.4 is 5.73 Å². The molecule has 21 heavy (non-hydrogen) atoms. The van der Waals surface area contributed by atoms with E-state index in [2.05, 4.69) is 38.1 Å². The van der Waals surface area contributed by atoms with Crippen LogP contribution in [0.1, 0.15) is 30.9 Å². The maximum atomic E-state index is 7.83. The third-order valence-electron chi connectivity index (χ3n) is 3.25. The van der Waals surface area contributed by atoms with E-state index in [4.69, 9.17) is 11.1 Å². The van der Waals surface area contributed by atoms with Crippen LogP contribution in [0.5, 0.6) is 0 Å². The minimum absolute atomic E-state index is 0.126. The van der Waals surface area contributed by atoms with Gasteiger partial charge in [0.15, 0.2) is 0 Å². The van der Waals surface area contributed by atoms with E-state index in [0.717, 1.165) is 15.4 Å². The second kappa shape index (κ2) is 7.05. The molecule has 0 amide bonds. The zero-order chi connectivity index (χ0) is 15.4. The first-order valence-electron chi connectivity index (χ1n) is 6.82. The Morgan fingerprint density at radius 1 is 1.05 bits per heavy atom. The summed E-state index contributed by atoms with van der Waals surface area (Å²) in [5.41, 5.74) is 7.94. The highest BCUT2D eigenvalue weighted by atomic mass is 32.2. The molecule has 3 N–H and O–H groups in total. The van der Waals surface area contributed by atoms with Gasteiger partial charge in [-0.05, 0) is 42.0 Å². The molecule has 0 aliphatic carbocycles. The molecule has 2 aromatic carbocycles. The van der Waals surface area contributed by atoms with Crippen molar-refractivity contribution >= 4 is 29.4 Å². The molecular formula is C17H20N2S2. The van der Waals surface area contributed by atoms with Crippen LogP contribution in [0.25, 0.3) is 0 Å². The van der Waals surface area contributed by atoms with Crippen molar-refractivity contribution in [2.75, 3.05) is 6.26 Å². The van der Waals surface area contributed by atoms with Crippen molar-refractivity contribution in [3.63, 3.8) is 0 Å². The molecule has 4 heteroatoms. The van der Waals surface area contributed by atoms with Crippen molar-refractivity contribution < 1.29 is 0 Å². The van der Waals surface area contributed by atoms with Gasteiger partial charge >= 0.3 is 0 Å². The molecule has 0 radical (unpaired) electrons. The highest BCUT2D eigenvalue weighted by molar-refractivity contribution is 8.00. The zero-order valence-corrected chi connectivity index (χ0v) is 14.1. The van der Waals surface area contributed by atoms with Gasteiger partial charge < -0.3 is 5.73 Å². The van der Waals surface area contributed by atoms with Crippen molar-refractivity contribution in [2.45, 2.75) is 34.5 Å². The molecule has 0 saturated heterocycles. The van der Waals surface area contributed by atoms with Crippen LogP contribution in [-0.2, 0) is 0 Å². The molecule has 2 aromatic rings. The van der Waals surface area contributed by atoms with Gasteiger partial charge in [-0.3, -0.25) is 5.41 Å². The Morgan fingerprint density at radius 3 is 2.19 bits per heavy atom. The van der Waals surface area contributed by atoms with E-state index in [9.17, 15) is 0 Å². The molecule has 0 unspecified atom stereocenters. The predicted octanol–water partition coefficient (Wildman–Crippen LogP) is 4.97. The molecule has 0 aliphatic heterocycles. The summed E-state index contributed by atoms with van der Waals surface area (Å²) in [6, 6.07) is 14.6. The number of amidine groups is 1. The van der Waals surface area contributed by atoms with Gasteiger partial charge in [-0.25, -0.2) is 0 Å². The number of nitrogens with one attached hydrogen (secondary N) is 1. The van der Waals surface area contributed by atoms with Crippen molar-refractivity contribution in [3.8, 4) is 0 Å². The van der Waals surface area contributed by atoms with Gasteiger partial charge in [-0.1, -0.05) is 43.8 Å². The average Bonchev–Trinajstić information content (AvgIpc) is 2.47. The van der Waals surface area contributed by atoms with E-state index in [-0.39, 0.29) is 5.84 Å². The summed E-state index contributed by atoms with van der Waals surface area (Å²) in [5.74, 6) is 0.665. The number of benzene rings is 2. The lowest BCUT2D eigenvalue weighted by Gasteiger charge is -2.12. The summed E-state index contributed by atoms with van der Waals surface area (Å²) in [6.07, 6.45) is 2.01. The van der Waals surface area contributed by atoms with Crippen LogP contribution in [0.15, 0.2) is 57.2 Å². The van der Waals surface area contributed by atoms with Crippen LogP contribution in [0.4, 0.5) is 0 Å². The fourth-order valence-corrected chi connectivity index (χ4v) is 3.78. The second-order valence-electron chi connectivity index (χ2n) is 5.07. The van der Waals surface area contributed by atoms with Gasteiger partial charge in [-0.15, -0.1) is 11.8 Å². The Balaban J connectivity index is 2.33. The summed E-state index contributed by atoms with van der Waals surface area (Å²) in [6.45, 7) is 4.38. The average molecular weight is 316 g/mol. The van der Waals surface area contributed by atoms with Crippen LogP contribution in [0, 0.1) is 5.41 Å². The Bertz CT molecular complexity index is 634. The molecule has 0 aliphatic rings. The monoisotopic (exact) mass is 316 g/mol. The number of rotatable bonds is 5. The fourth-order valence-electron chi connectivity index (χ4n) is 2.08. The highest BCUT2D eigenvalue weighted by Gasteiger charge is 2.12. The SMILES string of the molecule is CSc1cccc(Sc2ccc(C(C)C)cc2)c1C(=N)N. The maximum Gasteiger partial charge on any atom is 0.125 e. The second-order valence-corrected chi connectivity index (χ2v) is 7.04. The first kappa shape index (κ1) is 16.0. The van der Waals surface area contributed by atoms with Gasteiger partial charge in [0.25, 0.3) is 0 Å². The van der Waals surface area contributed by atoms with Crippen LogP contribution >= 0.6 is 23.5 Å². The predicted molar refractivity (Wildman–Crippen MR) is 93.9 cm³/mol.